The Morgan fingerprint density at radius 3 is 2.61 bits per heavy atom. The molecular formula is C21H21ClN2O4. The molecule has 1 heterocycles. The number of para-hydroxylation sites is 1. The van der Waals surface area contributed by atoms with Gasteiger partial charge in [0.05, 0.1) is 5.92 Å². The number of halogens is 1. The Labute approximate surface area is 168 Å². The number of hydrogen-bond donors (Lipinski definition) is 1. The van der Waals surface area contributed by atoms with Crippen molar-refractivity contribution in [3.63, 3.8) is 0 Å². The number of nitrogens with zero attached hydrogens (tertiary/aromatic N) is 1. The Morgan fingerprint density at radius 1 is 1.18 bits per heavy atom. The number of rotatable bonds is 6. The van der Waals surface area contributed by atoms with Crippen LogP contribution in [0, 0.1) is 5.92 Å². The molecule has 0 radical (unpaired) electrons. The smallest absolute Gasteiger partial charge is 0.311 e. The van der Waals surface area contributed by atoms with Crippen LogP contribution in [0.15, 0.2) is 48.5 Å². The molecule has 6 nitrogen and oxygen atoms in total. The second kappa shape index (κ2) is 8.89. The Bertz CT molecular complexity index is 882. The Balaban J connectivity index is 1.53. The number of esters is 1. The van der Waals surface area contributed by atoms with Crippen LogP contribution in [-0.4, -0.2) is 30.9 Å². The fraction of sp³-hybridized carbons (Fsp3) is 0.286. The van der Waals surface area contributed by atoms with Gasteiger partial charge in [-0.25, -0.2) is 0 Å². The zero-order valence-corrected chi connectivity index (χ0v) is 16.2. The Morgan fingerprint density at radius 2 is 1.89 bits per heavy atom. The van der Waals surface area contributed by atoms with Crippen LogP contribution in [0.1, 0.15) is 18.9 Å². The molecule has 0 aliphatic carbocycles. The number of ether oxygens (including phenoxy) is 1. The molecule has 3 rings (SSSR count). The molecule has 2 aromatic carbocycles. The first-order chi connectivity index (χ1) is 13.5. The molecule has 1 aliphatic heterocycles. The van der Waals surface area contributed by atoms with Crippen LogP contribution in [0.3, 0.4) is 0 Å². The SMILES string of the molecule is CCc1ccccc1NC(=O)COC(=O)[C@@H]1CC(=O)N(c2ccc(Cl)cc2)C1. The summed E-state index contributed by atoms with van der Waals surface area (Å²) in [5.41, 5.74) is 2.39. The minimum Gasteiger partial charge on any atom is -0.455 e. The van der Waals surface area contributed by atoms with Crippen LogP contribution >= 0.6 is 11.6 Å². The molecule has 2 amide bonds. The fourth-order valence-corrected chi connectivity index (χ4v) is 3.25. The van der Waals surface area contributed by atoms with Gasteiger partial charge >= 0.3 is 5.97 Å². The van der Waals surface area contributed by atoms with Crippen LogP contribution < -0.4 is 10.2 Å². The second-order valence-electron chi connectivity index (χ2n) is 6.55. The maximum Gasteiger partial charge on any atom is 0.311 e. The molecule has 1 atom stereocenters. The van der Waals surface area contributed by atoms with Crippen LogP contribution in [0.2, 0.25) is 5.02 Å². The number of carbonyl (C=O) groups is 3. The lowest BCUT2D eigenvalue weighted by Gasteiger charge is -2.16. The number of nitrogens with one attached hydrogen (secondary N) is 1. The van der Waals surface area contributed by atoms with E-state index in [4.69, 9.17) is 16.3 Å². The highest BCUT2D eigenvalue weighted by molar-refractivity contribution is 6.30. The molecule has 28 heavy (non-hydrogen) atoms. The molecule has 0 aromatic heterocycles. The first-order valence-electron chi connectivity index (χ1n) is 9.08. The van der Waals surface area contributed by atoms with Gasteiger partial charge in [-0.1, -0.05) is 36.7 Å². The third-order valence-electron chi connectivity index (χ3n) is 4.61. The van der Waals surface area contributed by atoms with E-state index in [0.29, 0.717) is 16.4 Å². The van der Waals surface area contributed by atoms with Crippen molar-refractivity contribution < 1.29 is 19.1 Å². The van der Waals surface area contributed by atoms with Gasteiger partial charge in [-0.15, -0.1) is 0 Å². The average Bonchev–Trinajstić information content (AvgIpc) is 3.09. The second-order valence-corrected chi connectivity index (χ2v) is 6.98. The van der Waals surface area contributed by atoms with Crippen molar-refractivity contribution in [3.8, 4) is 0 Å². The van der Waals surface area contributed by atoms with E-state index in [2.05, 4.69) is 5.32 Å². The standard InChI is InChI=1S/C21H21ClN2O4/c1-2-14-5-3-4-6-18(14)23-19(25)13-28-21(27)15-11-20(26)24(12-15)17-9-7-16(22)8-10-17/h3-10,15H,2,11-13H2,1H3,(H,23,25)/t15-/m1/s1. The molecule has 1 N–H and O–H groups in total. The molecule has 0 bridgehead atoms. The van der Waals surface area contributed by atoms with Crippen molar-refractivity contribution in [2.45, 2.75) is 19.8 Å². The summed E-state index contributed by atoms with van der Waals surface area (Å²) in [6.45, 7) is 1.83. The van der Waals surface area contributed by atoms with Crippen molar-refractivity contribution >= 4 is 40.8 Å². The molecule has 146 valence electrons. The van der Waals surface area contributed by atoms with E-state index in [1.807, 2.05) is 25.1 Å². The van der Waals surface area contributed by atoms with Crippen LogP contribution in [0.4, 0.5) is 11.4 Å². The van der Waals surface area contributed by atoms with E-state index in [9.17, 15) is 14.4 Å². The lowest BCUT2D eigenvalue weighted by molar-refractivity contribution is -0.151. The van der Waals surface area contributed by atoms with E-state index in [1.54, 1.807) is 30.3 Å². The lowest BCUT2D eigenvalue weighted by Crippen LogP contribution is -2.28. The van der Waals surface area contributed by atoms with Crippen molar-refractivity contribution in [2.24, 2.45) is 5.92 Å². The fourth-order valence-electron chi connectivity index (χ4n) is 3.13. The molecule has 2 aromatic rings. The number of amides is 2. The lowest BCUT2D eigenvalue weighted by atomic mass is 10.1. The molecule has 1 fully saturated rings. The van der Waals surface area contributed by atoms with Gasteiger partial charge in [0.25, 0.3) is 5.91 Å². The highest BCUT2D eigenvalue weighted by atomic mass is 35.5. The summed E-state index contributed by atoms with van der Waals surface area (Å²) in [5.74, 6) is -1.72. The summed E-state index contributed by atoms with van der Waals surface area (Å²) in [6.07, 6.45) is 0.836. The number of hydrogen-bond acceptors (Lipinski definition) is 4. The minimum absolute atomic E-state index is 0.0573. The number of benzene rings is 2. The topological polar surface area (TPSA) is 75.7 Å². The highest BCUT2D eigenvalue weighted by Gasteiger charge is 2.36. The first kappa shape index (κ1) is 19.9. The van der Waals surface area contributed by atoms with E-state index < -0.39 is 17.8 Å². The van der Waals surface area contributed by atoms with Gasteiger partial charge in [0.2, 0.25) is 5.91 Å². The van der Waals surface area contributed by atoms with Gasteiger partial charge in [0.15, 0.2) is 6.61 Å². The van der Waals surface area contributed by atoms with E-state index >= 15 is 0 Å². The van der Waals surface area contributed by atoms with E-state index in [1.165, 1.54) is 4.90 Å². The van der Waals surface area contributed by atoms with Crippen molar-refractivity contribution in [1.29, 1.82) is 0 Å². The predicted octanol–water partition coefficient (Wildman–Crippen LogP) is 3.44. The highest BCUT2D eigenvalue weighted by Crippen LogP contribution is 2.27. The van der Waals surface area contributed by atoms with Crippen molar-refractivity contribution in [3.05, 3.63) is 59.1 Å². The first-order valence-corrected chi connectivity index (χ1v) is 9.46. The zero-order valence-electron chi connectivity index (χ0n) is 15.5. The molecule has 0 spiro atoms. The summed E-state index contributed by atoms with van der Waals surface area (Å²) < 4.78 is 5.13. The summed E-state index contributed by atoms with van der Waals surface area (Å²) in [5, 5.41) is 3.32. The van der Waals surface area contributed by atoms with Gasteiger partial charge in [0, 0.05) is 29.4 Å². The quantitative estimate of drug-likeness (QED) is 0.753. The summed E-state index contributed by atoms with van der Waals surface area (Å²) >= 11 is 5.87. The maximum atomic E-state index is 12.3. The number of carbonyl (C=O) groups excluding carboxylic acids is 3. The molecule has 1 aliphatic rings. The van der Waals surface area contributed by atoms with E-state index in [0.717, 1.165) is 12.0 Å². The summed E-state index contributed by atoms with van der Waals surface area (Å²) in [7, 11) is 0. The Hall–Kier alpha value is -2.86. The van der Waals surface area contributed by atoms with Gasteiger partial charge in [-0.2, -0.15) is 0 Å². The van der Waals surface area contributed by atoms with Gasteiger partial charge in [-0.3, -0.25) is 14.4 Å². The molecule has 1 saturated heterocycles. The van der Waals surface area contributed by atoms with Crippen LogP contribution in [0.5, 0.6) is 0 Å². The van der Waals surface area contributed by atoms with Crippen LogP contribution in [0.25, 0.3) is 0 Å². The minimum atomic E-state index is -0.598. The molecular weight excluding hydrogens is 380 g/mol. The Kier molecular flexibility index (Phi) is 6.31. The normalized spacial score (nSPS) is 16.1. The van der Waals surface area contributed by atoms with Crippen molar-refractivity contribution in [2.75, 3.05) is 23.4 Å². The van der Waals surface area contributed by atoms with Gasteiger partial charge in [-0.05, 0) is 42.3 Å². The predicted molar refractivity (Wildman–Crippen MR) is 107 cm³/mol. The number of aryl methyl sites for hydroxylation is 1. The van der Waals surface area contributed by atoms with Gasteiger partial charge in [0.1, 0.15) is 0 Å². The zero-order chi connectivity index (χ0) is 20.1. The third-order valence-corrected chi connectivity index (χ3v) is 4.87. The molecule has 0 saturated carbocycles. The van der Waals surface area contributed by atoms with E-state index in [-0.39, 0.29) is 25.5 Å². The maximum absolute atomic E-state index is 12.3. The third kappa shape index (κ3) is 4.70. The van der Waals surface area contributed by atoms with Gasteiger partial charge < -0.3 is 15.0 Å². The van der Waals surface area contributed by atoms with Crippen LogP contribution in [-0.2, 0) is 25.5 Å². The molecule has 0 unspecified atom stereocenters. The average molecular weight is 401 g/mol. The van der Waals surface area contributed by atoms with Crippen molar-refractivity contribution in [1.82, 2.24) is 0 Å². The molecule has 7 heteroatoms. The monoisotopic (exact) mass is 400 g/mol. The summed E-state index contributed by atoms with van der Waals surface area (Å²) in [6, 6.07) is 14.3. The summed E-state index contributed by atoms with van der Waals surface area (Å²) in [4.78, 5) is 38.2. The number of anilines is 2. The largest absolute Gasteiger partial charge is 0.455 e.